The summed E-state index contributed by atoms with van der Waals surface area (Å²) in [5, 5.41) is 4.00. The second kappa shape index (κ2) is 10.2. The third kappa shape index (κ3) is 5.14. The molecule has 0 radical (unpaired) electrons. The van der Waals surface area contributed by atoms with E-state index >= 15 is 0 Å². The Hall–Kier alpha value is -2.83. The average Bonchev–Trinajstić information content (AvgIpc) is 2.79. The van der Waals surface area contributed by atoms with Crippen LogP contribution in [0.15, 0.2) is 48.5 Å². The molecule has 168 valence electrons. The van der Waals surface area contributed by atoms with E-state index in [-0.39, 0.29) is 12.2 Å². The molecule has 8 heteroatoms. The molecule has 1 N–H and O–H groups in total. The molecule has 1 aliphatic rings. The Morgan fingerprint density at radius 2 is 1.78 bits per heavy atom. The summed E-state index contributed by atoms with van der Waals surface area (Å²) in [7, 11) is 0. The summed E-state index contributed by atoms with van der Waals surface area (Å²) in [6, 6.07) is 13.8. The lowest BCUT2D eigenvalue weighted by molar-refractivity contribution is 0.171. The van der Waals surface area contributed by atoms with E-state index in [0.29, 0.717) is 53.7 Å². The fraction of sp³-hybridized carbons (Fsp3) is 0.250. The van der Waals surface area contributed by atoms with Crippen LogP contribution < -0.4 is 24.3 Å². The van der Waals surface area contributed by atoms with Crippen LogP contribution in [0, 0.1) is 5.82 Å². The smallest absolute Gasteiger partial charge is 0.180 e. The zero-order valence-electron chi connectivity index (χ0n) is 17.4. The van der Waals surface area contributed by atoms with Gasteiger partial charge < -0.3 is 24.3 Å². The molecule has 0 aromatic heterocycles. The predicted octanol–water partition coefficient (Wildman–Crippen LogP) is 6.49. The Kier molecular flexibility index (Phi) is 7.12. The summed E-state index contributed by atoms with van der Waals surface area (Å²) >= 11 is 12.6. The van der Waals surface area contributed by atoms with Crippen LogP contribution in [0.25, 0.3) is 0 Å². The fourth-order valence-corrected chi connectivity index (χ4v) is 3.80. The summed E-state index contributed by atoms with van der Waals surface area (Å²) in [6.45, 7) is 3.80. The van der Waals surface area contributed by atoms with Gasteiger partial charge in [-0.3, -0.25) is 0 Å². The summed E-state index contributed by atoms with van der Waals surface area (Å²) in [6.07, 6.45) is 0. The Morgan fingerprint density at radius 1 is 0.969 bits per heavy atom. The van der Waals surface area contributed by atoms with Gasteiger partial charge in [-0.15, -0.1) is 0 Å². The monoisotopic (exact) mass is 477 g/mol. The lowest BCUT2D eigenvalue weighted by atomic mass is 10.1. The minimum atomic E-state index is -0.438. The van der Waals surface area contributed by atoms with E-state index < -0.39 is 5.82 Å². The van der Waals surface area contributed by atoms with Gasteiger partial charge in [0.2, 0.25) is 0 Å². The van der Waals surface area contributed by atoms with Crippen molar-refractivity contribution in [2.45, 2.75) is 20.1 Å². The molecule has 4 rings (SSSR count). The summed E-state index contributed by atoms with van der Waals surface area (Å²) < 4.78 is 36.8. The number of benzene rings is 3. The number of halogens is 3. The molecule has 0 atom stereocenters. The van der Waals surface area contributed by atoms with Crippen molar-refractivity contribution in [3.63, 3.8) is 0 Å². The normalized spacial score (nSPS) is 12.4. The zero-order chi connectivity index (χ0) is 22.5. The number of rotatable bonds is 8. The Labute approximate surface area is 196 Å². The largest absolute Gasteiger partial charge is 0.490 e. The number of nitrogens with one attached hydrogen (secondary N) is 1. The third-order valence-corrected chi connectivity index (χ3v) is 5.47. The highest BCUT2D eigenvalue weighted by Gasteiger charge is 2.16. The van der Waals surface area contributed by atoms with E-state index in [1.165, 1.54) is 6.07 Å². The molecule has 0 saturated carbocycles. The summed E-state index contributed by atoms with van der Waals surface area (Å²) in [5.41, 5.74) is 2.04. The number of ether oxygens (including phenoxy) is 4. The van der Waals surface area contributed by atoms with Crippen LogP contribution in [0.5, 0.6) is 23.0 Å². The van der Waals surface area contributed by atoms with E-state index in [1.807, 2.05) is 31.2 Å². The van der Waals surface area contributed by atoms with Gasteiger partial charge in [-0.1, -0.05) is 29.3 Å². The molecular formula is C24H22Cl2FNO4. The molecule has 32 heavy (non-hydrogen) atoms. The molecule has 0 bridgehead atoms. The van der Waals surface area contributed by atoms with Crippen molar-refractivity contribution in [1.82, 2.24) is 0 Å². The topological polar surface area (TPSA) is 49.0 Å². The molecule has 1 heterocycles. The first-order chi connectivity index (χ1) is 15.5. The van der Waals surface area contributed by atoms with Gasteiger partial charge in [-0.2, -0.15) is 0 Å². The van der Waals surface area contributed by atoms with Gasteiger partial charge in [0.25, 0.3) is 0 Å². The van der Waals surface area contributed by atoms with Crippen LogP contribution in [0.4, 0.5) is 10.1 Å². The van der Waals surface area contributed by atoms with Gasteiger partial charge in [0.15, 0.2) is 23.0 Å². The van der Waals surface area contributed by atoms with Gasteiger partial charge in [-0.25, -0.2) is 4.39 Å². The highest BCUT2D eigenvalue weighted by atomic mass is 35.5. The van der Waals surface area contributed by atoms with Crippen molar-refractivity contribution in [3.05, 3.63) is 75.5 Å². The molecule has 0 aliphatic carbocycles. The molecule has 5 nitrogen and oxygen atoms in total. The maximum atomic E-state index is 14.1. The quantitative estimate of drug-likeness (QED) is 0.401. The zero-order valence-corrected chi connectivity index (χ0v) is 18.9. The highest BCUT2D eigenvalue weighted by Crippen LogP contribution is 2.38. The maximum Gasteiger partial charge on any atom is 0.180 e. The summed E-state index contributed by atoms with van der Waals surface area (Å²) in [5.74, 6) is 1.83. The number of hydrogen-bond donors (Lipinski definition) is 1. The van der Waals surface area contributed by atoms with Gasteiger partial charge >= 0.3 is 0 Å². The first-order valence-corrected chi connectivity index (χ1v) is 10.9. The Balaban J connectivity index is 1.49. The second-order valence-corrected chi connectivity index (χ2v) is 7.85. The minimum Gasteiger partial charge on any atom is -0.490 e. The van der Waals surface area contributed by atoms with Gasteiger partial charge in [0, 0.05) is 23.9 Å². The highest BCUT2D eigenvalue weighted by molar-refractivity contribution is 6.32. The Bertz CT molecular complexity index is 1090. The first kappa shape index (κ1) is 22.4. The van der Waals surface area contributed by atoms with Crippen molar-refractivity contribution >= 4 is 28.9 Å². The molecular weight excluding hydrogens is 456 g/mol. The van der Waals surface area contributed by atoms with Crippen LogP contribution >= 0.6 is 23.2 Å². The maximum absolute atomic E-state index is 14.1. The van der Waals surface area contributed by atoms with Crippen LogP contribution in [-0.4, -0.2) is 19.8 Å². The fourth-order valence-electron chi connectivity index (χ4n) is 3.30. The lowest BCUT2D eigenvalue weighted by Crippen LogP contribution is -2.15. The number of hydrogen-bond acceptors (Lipinski definition) is 5. The predicted molar refractivity (Wildman–Crippen MR) is 123 cm³/mol. The van der Waals surface area contributed by atoms with Crippen molar-refractivity contribution in [1.29, 1.82) is 0 Å². The van der Waals surface area contributed by atoms with Crippen molar-refractivity contribution in [2.24, 2.45) is 0 Å². The molecule has 1 aliphatic heterocycles. The van der Waals surface area contributed by atoms with Crippen LogP contribution in [0.3, 0.4) is 0 Å². The first-order valence-electron chi connectivity index (χ1n) is 10.2. The van der Waals surface area contributed by atoms with Gasteiger partial charge in [0.1, 0.15) is 25.6 Å². The van der Waals surface area contributed by atoms with E-state index in [0.717, 1.165) is 17.0 Å². The second-order valence-electron chi connectivity index (χ2n) is 7.04. The standard InChI is InChI=1S/C24H22Cl2FNO4/c1-2-29-23-11-15(13-28-16-6-7-21-22(12-16)31-9-8-30-21)10-19(26)24(23)32-14-17-18(25)4-3-5-20(17)27/h3-7,10-12,28H,2,8-9,13-14H2,1H3. The SMILES string of the molecule is CCOc1cc(CNc2ccc3c(c2)OCCO3)cc(Cl)c1OCc1c(F)cccc1Cl. The molecule has 0 unspecified atom stereocenters. The van der Waals surface area contributed by atoms with Crippen molar-refractivity contribution in [2.75, 3.05) is 25.1 Å². The third-order valence-electron chi connectivity index (χ3n) is 4.83. The molecule has 0 saturated heterocycles. The van der Waals surface area contributed by atoms with E-state index in [9.17, 15) is 4.39 Å². The van der Waals surface area contributed by atoms with E-state index in [4.69, 9.17) is 42.1 Å². The van der Waals surface area contributed by atoms with Gasteiger partial charge in [0.05, 0.1) is 16.7 Å². The number of anilines is 1. The number of fused-ring (bicyclic) bond motifs is 1. The molecule has 0 spiro atoms. The van der Waals surface area contributed by atoms with Crippen LogP contribution in [0.2, 0.25) is 10.0 Å². The molecule has 0 amide bonds. The van der Waals surface area contributed by atoms with Crippen LogP contribution in [0.1, 0.15) is 18.1 Å². The lowest BCUT2D eigenvalue weighted by Gasteiger charge is -2.19. The molecule has 0 fully saturated rings. The average molecular weight is 478 g/mol. The van der Waals surface area contributed by atoms with E-state index in [2.05, 4.69) is 5.32 Å². The van der Waals surface area contributed by atoms with Gasteiger partial charge in [-0.05, 0) is 48.9 Å². The van der Waals surface area contributed by atoms with E-state index in [1.54, 1.807) is 18.2 Å². The minimum absolute atomic E-state index is 0.0694. The molecule has 3 aromatic carbocycles. The van der Waals surface area contributed by atoms with Crippen LogP contribution in [-0.2, 0) is 13.2 Å². The van der Waals surface area contributed by atoms with Crippen molar-refractivity contribution in [3.8, 4) is 23.0 Å². The van der Waals surface area contributed by atoms with Crippen molar-refractivity contribution < 1.29 is 23.3 Å². The molecule has 3 aromatic rings. The Morgan fingerprint density at radius 3 is 2.56 bits per heavy atom. The summed E-state index contributed by atoms with van der Waals surface area (Å²) in [4.78, 5) is 0.